The summed E-state index contributed by atoms with van der Waals surface area (Å²) in [5, 5.41) is 3.70. The Labute approximate surface area is 124 Å². The second kappa shape index (κ2) is 7.80. The molecule has 0 aromatic heterocycles. The van der Waals surface area contributed by atoms with Gasteiger partial charge in [0.1, 0.15) is 0 Å². The second-order valence-electron chi connectivity index (χ2n) is 6.26. The number of hydrogen-bond donors (Lipinski definition) is 1. The molecule has 0 spiro atoms. The van der Waals surface area contributed by atoms with Crippen LogP contribution in [0.25, 0.3) is 0 Å². The van der Waals surface area contributed by atoms with Crippen molar-refractivity contribution >= 4 is 0 Å². The lowest BCUT2D eigenvalue weighted by Gasteiger charge is -2.32. The van der Waals surface area contributed by atoms with Crippen molar-refractivity contribution < 1.29 is 0 Å². The van der Waals surface area contributed by atoms with Crippen LogP contribution in [0.3, 0.4) is 0 Å². The lowest BCUT2D eigenvalue weighted by molar-refractivity contribution is 0.190. The molecule has 1 aromatic carbocycles. The van der Waals surface area contributed by atoms with Gasteiger partial charge >= 0.3 is 0 Å². The minimum atomic E-state index is 0.696. The molecule has 2 nitrogen and oxygen atoms in total. The van der Waals surface area contributed by atoms with Crippen LogP contribution < -0.4 is 5.32 Å². The summed E-state index contributed by atoms with van der Waals surface area (Å²) in [6.45, 7) is 11.6. The lowest BCUT2D eigenvalue weighted by Crippen LogP contribution is -2.43. The zero-order valence-electron chi connectivity index (χ0n) is 13.4. The first-order chi connectivity index (χ1) is 9.72. The highest BCUT2D eigenvalue weighted by Gasteiger charge is 2.18. The predicted octanol–water partition coefficient (Wildman–Crippen LogP) is 3.46. The Hall–Kier alpha value is -0.860. The summed E-state index contributed by atoms with van der Waals surface area (Å²) in [7, 11) is 0. The minimum absolute atomic E-state index is 0.696. The molecule has 0 saturated carbocycles. The van der Waals surface area contributed by atoms with Gasteiger partial charge in [0.2, 0.25) is 0 Å². The maximum atomic E-state index is 3.70. The van der Waals surface area contributed by atoms with E-state index in [0.29, 0.717) is 6.04 Å². The number of hydrogen-bond acceptors (Lipinski definition) is 2. The maximum absolute atomic E-state index is 3.70. The highest BCUT2D eigenvalue weighted by molar-refractivity contribution is 5.26. The third-order valence-corrected chi connectivity index (χ3v) is 4.50. The molecule has 20 heavy (non-hydrogen) atoms. The number of nitrogens with zero attached hydrogens (tertiary/aromatic N) is 1. The Morgan fingerprint density at radius 2 is 1.95 bits per heavy atom. The molecular weight excluding hydrogens is 244 g/mol. The van der Waals surface area contributed by atoms with Crippen LogP contribution in [0.15, 0.2) is 24.3 Å². The molecule has 0 amide bonds. The van der Waals surface area contributed by atoms with E-state index in [1.54, 1.807) is 0 Å². The predicted molar refractivity (Wildman–Crippen MR) is 87.0 cm³/mol. The summed E-state index contributed by atoms with van der Waals surface area (Å²) in [6, 6.07) is 9.62. The smallest absolute Gasteiger partial charge is 0.0236 e. The van der Waals surface area contributed by atoms with Gasteiger partial charge in [-0.1, -0.05) is 45.0 Å². The van der Waals surface area contributed by atoms with E-state index in [0.717, 1.165) is 25.4 Å². The summed E-state index contributed by atoms with van der Waals surface area (Å²) in [5.74, 6) is 0.734. The van der Waals surface area contributed by atoms with E-state index in [-0.39, 0.29) is 0 Å². The molecule has 2 atom stereocenters. The summed E-state index contributed by atoms with van der Waals surface area (Å²) < 4.78 is 0. The van der Waals surface area contributed by atoms with Crippen molar-refractivity contribution in [3.8, 4) is 0 Å². The molecule has 2 rings (SSSR count). The van der Waals surface area contributed by atoms with Crippen LogP contribution in [0, 0.1) is 5.92 Å². The second-order valence-corrected chi connectivity index (χ2v) is 6.26. The molecule has 2 heteroatoms. The van der Waals surface area contributed by atoms with E-state index < -0.39 is 0 Å². The van der Waals surface area contributed by atoms with Crippen LogP contribution in [0.4, 0.5) is 0 Å². The van der Waals surface area contributed by atoms with Crippen LogP contribution in [0.5, 0.6) is 0 Å². The quantitative estimate of drug-likeness (QED) is 0.904. The number of benzene rings is 1. The third kappa shape index (κ3) is 4.32. The van der Waals surface area contributed by atoms with Gasteiger partial charge in [-0.2, -0.15) is 0 Å². The molecule has 1 aliphatic rings. The van der Waals surface area contributed by atoms with Gasteiger partial charge in [-0.3, -0.25) is 4.90 Å². The van der Waals surface area contributed by atoms with Crippen molar-refractivity contribution in [1.29, 1.82) is 0 Å². The van der Waals surface area contributed by atoms with Gasteiger partial charge in [0.05, 0.1) is 0 Å². The molecule has 1 saturated heterocycles. The average Bonchev–Trinajstić information content (AvgIpc) is 2.45. The van der Waals surface area contributed by atoms with Gasteiger partial charge in [-0.05, 0) is 49.4 Å². The Balaban J connectivity index is 2.02. The number of aryl methyl sites for hydroxylation is 1. The monoisotopic (exact) mass is 274 g/mol. The summed E-state index contributed by atoms with van der Waals surface area (Å²) in [6.07, 6.45) is 3.66. The van der Waals surface area contributed by atoms with E-state index in [2.05, 4.69) is 55.3 Å². The lowest BCUT2D eigenvalue weighted by atomic mass is 10.0. The van der Waals surface area contributed by atoms with Crippen molar-refractivity contribution in [3.63, 3.8) is 0 Å². The van der Waals surface area contributed by atoms with Crippen molar-refractivity contribution in [3.05, 3.63) is 35.4 Å². The first kappa shape index (κ1) is 15.5. The van der Waals surface area contributed by atoms with Crippen molar-refractivity contribution in [2.75, 3.05) is 19.6 Å². The molecule has 1 aromatic rings. The standard InChI is InChI=1S/C18H30N2/c1-4-16-8-6-7-9-17(16)14-20-11-10-18(5-2)19-12-15(3)13-20/h6-9,15,18-19H,4-5,10-14H2,1-3H3. The molecule has 1 heterocycles. The summed E-state index contributed by atoms with van der Waals surface area (Å²) in [5.41, 5.74) is 3.02. The molecule has 0 bridgehead atoms. The van der Waals surface area contributed by atoms with Crippen LogP contribution in [0.2, 0.25) is 0 Å². The van der Waals surface area contributed by atoms with Crippen LogP contribution in [-0.4, -0.2) is 30.6 Å². The highest BCUT2D eigenvalue weighted by atomic mass is 15.1. The fraction of sp³-hybridized carbons (Fsp3) is 0.667. The first-order valence-electron chi connectivity index (χ1n) is 8.25. The van der Waals surface area contributed by atoms with Crippen molar-refractivity contribution in [1.82, 2.24) is 10.2 Å². The molecule has 0 radical (unpaired) electrons. The van der Waals surface area contributed by atoms with E-state index >= 15 is 0 Å². The summed E-state index contributed by atoms with van der Waals surface area (Å²) in [4.78, 5) is 2.66. The molecule has 112 valence electrons. The van der Waals surface area contributed by atoms with Crippen LogP contribution >= 0.6 is 0 Å². The summed E-state index contributed by atoms with van der Waals surface area (Å²) >= 11 is 0. The van der Waals surface area contributed by atoms with Gasteiger partial charge in [-0.15, -0.1) is 0 Å². The third-order valence-electron chi connectivity index (χ3n) is 4.50. The van der Waals surface area contributed by atoms with Crippen LogP contribution in [-0.2, 0) is 13.0 Å². The van der Waals surface area contributed by atoms with Gasteiger partial charge < -0.3 is 5.32 Å². The molecule has 0 aliphatic carbocycles. The maximum Gasteiger partial charge on any atom is 0.0236 e. The first-order valence-corrected chi connectivity index (χ1v) is 8.25. The fourth-order valence-corrected chi connectivity index (χ4v) is 3.19. The highest BCUT2D eigenvalue weighted by Crippen LogP contribution is 2.16. The fourth-order valence-electron chi connectivity index (χ4n) is 3.19. The Morgan fingerprint density at radius 3 is 2.65 bits per heavy atom. The van der Waals surface area contributed by atoms with Gasteiger partial charge in [-0.25, -0.2) is 0 Å². The Kier molecular flexibility index (Phi) is 6.06. The molecular formula is C18H30N2. The Morgan fingerprint density at radius 1 is 1.20 bits per heavy atom. The average molecular weight is 274 g/mol. The zero-order valence-corrected chi connectivity index (χ0v) is 13.4. The molecule has 1 fully saturated rings. The van der Waals surface area contributed by atoms with E-state index in [1.807, 2.05) is 0 Å². The van der Waals surface area contributed by atoms with E-state index in [1.165, 1.54) is 37.1 Å². The number of nitrogens with one attached hydrogen (secondary N) is 1. The van der Waals surface area contributed by atoms with Crippen molar-refractivity contribution in [2.45, 2.75) is 52.6 Å². The van der Waals surface area contributed by atoms with E-state index in [4.69, 9.17) is 0 Å². The van der Waals surface area contributed by atoms with E-state index in [9.17, 15) is 0 Å². The minimum Gasteiger partial charge on any atom is -0.314 e. The number of rotatable bonds is 4. The van der Waals surface area contributed by atoms with Crippen molar-refractivity contribution in [2.24, 2.45) is 5.92 Å². The van der Waals surface area contributed by atoms with Crippen LogP contribution in [0.1, 0.15) is 44.7 Å². The molecule has 1 N–H and O–H groups in total. The molecule has 2 unspecified atom stereocenters. The van der Waals surface area contributed by atoms with Gasteiger partial charge in [0.25, 0.3) is 0 Å². The Bertz CT molecular complexity index is 402. The SMILES string of the molecule is CCc1ccccc1CN1CCC(CC)NCC(C)C1. The molecule has 1 aliphatic heterocycles. The topological polar surface area (TPSA) is 15.3 Å². The van der Waals surface area contributed by atoms with Gasteiger partial charge in [0, 0.05) is 19.1 Å². The normalized spacial score (nSPS) is 25.1. The largest absolute Gasteiger partial charge is 0.314 e. The van der Waals surface area contributed by atoms with Gasteiger partial charge in [0.15, 0.2) is 0 Å². The zero-order chi connectivity index (χ0) is 14.4.